The highest BCUT2D eigenvalue weighted by Gasteiger charge is 2.13. The molecule has 0 saturated heterocycles. The van der Waals surface area contributed by atoms with Crippen LogP contribution in [-0.4, -0.2) is 34.3 Å². The Kier molecular flexibility index (Phi) is 7.37. The second-order valence-corrected chi connectivity index (χ2v) is 7.24. The van der Waals surface area contributed by atoms with E-state index in [1.54, 1.807) is 25.3 Å². The number of aryl methyl sites for hydroxylation is 1. The molecule has 8 heteroatoms. The average Bonchev–Trinajstić information content (AvgIpc) is 2.77. The molecule has 0 spiro atoms. The van der Waals surface area contributed by atoms with E-state index in [1.807, 2.05) is 44.2 Å². The van der Waals surface area contributed by atoms with Crippen LogP contribution >= 0.6 is 0 Å². The smallest absolute Gasteiger partial charge is 0.273 e. The Morgan fingerprint density at radius 3 is 2.55 bits per heavy atom. The zero-order chi connectivity index (χ0) is 22.2. The van der Waals surface area contributed by atoms with Gasteiger partial charge >= 0.3 is 0 Å². The SMILES string of the molecule is COc1cc(-c2nnc(CCC(=O)NCc3ccccc3)c(=O)[nH]2)ccc1OC(C)C. The van der Waals surface area contributed by atoms with Gasteiger partial charge in [-0.25, -0.2) is 0 Å². The second kappa shape index (κ2) is 10.4. The number of benzene rings is 2. The molecule has 0 bridgehead atoms. The summed E-state index contributed by atoms with van der Waals surface area (Å²) in [6, 6.07) is 14.9. The fourth-order valence-corrected chi connectivity index (χ4v) is 2.94. The molecule has 2 aromatic carbocycles. The van der Waals surface area contributed by atoms with Crippen molar-refractivity contribution in [2.24, 2.45) is 0 Å². The van der Waals surface area contributed by atoms with Gasteiger partial charge in [-0.05, 0) is 37.6 Å². The summed E-state index contributed by atoms with van der Waals surface area (Å²) < 4.78 is 11.1. The molecular weight excluding hydrogens is 396 g/mol. The van der Waals surface area contributed by atoms with Crippen LogP contribution in [0, 0.1) is 0 Å². The van der Waals surface area contributed by atoms with E-state index in [1.165, 1.54) is 0 Å². The maximum atomic E-state index is 12.4. The number of carbonyl (C=O) groups is 1. The average molecular weight is 422 g/mol. The maximum absolute atomic E-state index is 12.4. The van der Waals surface area contributed by atoms with E-state index in [0.29, 0.717) is 29.4 Å². The Morgan fingerprint density at radius 1 is 1.10 bits per heavy atom. The van der Waals surface area contributed by atoms with Crippen molar-refractivity contribution >= 4 is 5.91 Å². The summed E-state index contributed by atoms with van der Waals surface area (Å²) in [5, 5.41) is 11.0. The quantitative estimate of drug-likeness (QED) is 0.549. The van der Waals surface area contributed by atoms with Crippen LogP contribution in [0.2, 0.25) is 0 Å². The van der Waals surface area contributed by atoms with E-state index in [-0.39, 0.29) is 36.1 Å². The number of ether oxygens (including phenoxy) is 2. The number of aromatic nitrogens is 3. The Balaban J connectivity index is 1.63. The Morgan fingerprint density at radius 2 is 1.87 bits per heavy atom. The molecular formula is C23H26N4O4. The van der Waals surface area contributed by atoms with E-state index in [9.17, 15) is 9.59 Å². The standard InChI is InChI=1S/C23H26N4O4/c1-15(2)31-19-11-9-17(13-20(19)30-3)22-25-23(29)18(26-27-22)10-12-21(28)24-14-16-7-5-4-6-8-16/h4-9,11,13,15H,10,12,14H2,1-3H3,(H,24,28)(H,25,27,29). The second-order valence-electron chi connectivity index (χ2n) is 7.24. The van der Waals surface area contributed by atoms with Gasteiger partial charge in [0.25, 0.3) is 5.56 Å². The van der Waals surface area contributed by atoms with Crippen LogP contribution in [0.3, 0.4) is 0 Å². The zero-order valence-electron chi connectivity index (χ0n) is 17.8. The minimum atomic E-state index is -0.373. The largest absolute Gasteiger partial charge is 0.493 e. The van der Waals surface area contributed by atoms with Crippen LogP contribution in [-0.2, 0) is 17.8 Å². The molecule has 0 radical (unpaired) electrons. The molecule has 1 aromatic heterocycles. The van der Waals surface area contributed by atoms with Crippen LogP contribution in [0.4, 0.5) is 0 Å². The Hall–Kier alpha value is -3.68. The number of amides is 1. The van der Waals surface area contributed by atoms with Crippen LogP contribution < -0.4 is 20.3 Å². The number of methoxy groups -OCH3 is 1. The lowest BCUT2D eigenvalue weighted by atomic mass is 10.2. The van der Waals surface area contributed by atoms with Crippen molar-refractivity contribution < 1.29 is 14.3 Å². The molecule has 0 fully saturated rings. The van der Waals surface area contributed by atoms with E-state index in [4.69, 9.17) is 9.47 Å². The first-order valence-electron chi connectivity index (χ1n) is 10.1. The highest BCUT2D eigenvalue weighted by molar-refractivity contribution is 5.76. The van der Waals surface area contributed by atoms with Crippen molar-refractivity contribution in [3.05, 3.63) is 70.1 Å². The number of carbonyl (C=O) groups excluding carboxylic acids is 1. The minimum Gasteiger partial charge on any atom is -0.493 e. The van der Waals surface area contributed by atoms with Gasteiger partial charge in [0.1, 0.15) is 5.69 Å². The third kappa shape index (κ3) is 6.15. The van der Waals surface area contributed by atoms with E-state index in [0.717, 1.165) is 5.56 Å². The van der Waals surface area contributed by atoms with Gasteiger partial charge in [-0.15, -0.1) is 10.2 Å². The van der Waals surface area contributed by atoms with E-state index >= 15 is 0 Å². The molecule has 8 nitrogen and oxygen atoms in total. The summed E-state index contributed by atoms with van der Waals surface area (Å²) in [6.45, 7) is 4.30. The van der Waals surface area contributed by atoms with Crippen LogP contribution in [0.5, 0.6) is 11.5 Å². The molecule has 0 aliphatic rings. The van der Waals surface area contributed by atoms with Gasteiger partial charge in [0.05, 0.1) is 13.2 Å². The van der Waals surface area contributed by atoms with Crippen molar-refractivity contribution in [1.82, 2.24) is 20.5 Å². The Labute approximate surface area is 180 Å². The molecule has 31 heavy (non-hydrogen) atoms. The molecule has 0 aliphatic carbocycles. The minimum absolute atomic E-state index is 0.00326. The number of nitrogens with one attached hydrogen (secondary N) is 2. The zero-order valence-corrected chi connectivity index (χ0v) is 17.8. The summed E-state index contributed by atoms with van der Waals surface area (Å²) >= 11 is 0. The number of hydrogen-bond acceptors (Lipinski definition) is 6. The fourth-order valence-electron chi connectivity index (χ4n) is 2.94. The Bertz CT molecular complexity index is 1080. The van der Waals surface area contributed by atoms with Crippen LogP contribution in [0.25, 0.3) is 11.4 Å². The first-order chi connectivity index (χ1) is 15.0. The third-order valence-corrected chi connectivity index (χ3v) is 4.49. The van der Waals surface area contributed by atoms with Gasteiger partial charge in [0, 0.05) is 24.9 Å². The fraction of sp³-hybridized carbons (Fsp3) is 0.304. The van der Waals surface area contributed by atoms with Crippen LogP contribution in [0.1, 0.15) is 31.5 Å². The molecule has 162 valence electrons. The molecule has 0 saturated carbocycles. The van der Waals surface area contributed by atoms with Gasteiger partial charge in [-0.2, -0.15) is 0 Å². The topological polar surface area (TPSA) is 106 Å². The highest BCUT2D eigenvalue weighted by Crippen LogP contribution is 2.31. The molecule has 0 atom stereocenters. The highest BCUT2D eigenvalue weighted by atomic mass is 16.5. The summed E-state index contributed by atoms with van der Waals surface area (Å²) in [6.07, 6.45) is 0.357. The molecule has 0 unspecified atom stereocenters. The van der Waals surface area contributed by atoms with Gasteiger partial charge in [0.15, 0.2) is 17.3 Å². The number of H-pyrrole nitrogens is 1. The number of rotatable bonds is 9. The molecule has 0 aliphatic heterocycles. The lowest BCUT2D eigenvalue weighted by Crippen LogP contribution is -2.25. The lowest BCUT2D eigenvalue weighted by Gasteiger charge is -2.14. The maximum Gasteiger partial charge on any atom is 0.273 e. The van der Waals surface area contributed by atoms with Gasteiger partial charge < -0.3 is 19.8 Å². The van der Waals surface area contributed by atoms with Crippen LogP contribution in [0.15, 0.2) is 53.3 Å². The van der Waals surface area contributed by atoms with Gasteiger partial charge in [-0.3, -0.25) is 9.59 Å². The summed E-state index contributed by atoms with van der Waals surface area (Å²) in [5.41, 5.74) is 1.50. The summed E-state index contributed by atoms with van der Waals surface area (Å²) in [7, 11) is 1.55. The van der Waals surface area contributed by atoms with Crippen molar-refractivity contribution in [3.63, 3.8) is 0 Å². The predicted octanol–water partition coefficient (Wildman–Crippen LogP) is 2.88. The molecule has 1 heterocycles. The van der Waals surface area contributed by atoms with Crippen molar-refractivity contribution in [3.8, 4) is 22.9 Å². The number of hydrogen-bond donors (Lipinski definition) is 2. The van der Waals surface area contributed by atoms with Crippen molar-refractivity contribution in [2.45, 2.75) is 39.3 Å². The molecule has 3 rings (SSSR count). The molecule has 1 amide bonds. The molecule has 2 N–H and O–H groups in total. The first kappa shape index (κ1) is 22.0. The van der Waals surface area contributed by atoms with E-state index < -0.39 is 0 Å². The lowest BCUT2D eigenvalue weighted by molar-refractivity contribution is -0.121. The predicted molar refractivity (Wildman–Crippen MR) is 117 cm³/mol. The monoisotopic (exact) mass is 422 g/mol. The third-order valence-electron chi connectivity index (χ3n) is 4.49. The van der Waals surface area contributed by atoms with Gasteiger partial charge in [0.2, 0.25) is 5.91 Å². The normalized spacial score (nSPS) is 10.7. The number of aromatic amines is 1. The summed E-state index contributed by atoms with van der Waals surface area (Å²) in [4.78, 5) is 27.2. The number of nitrogens with zero attached hydrogens (tertiary/aromatic N) is 2. The van der Waals surface area contributed by atoms with E-state index in [2.05, 4.69) is 20.5 Å². The summed E-state index contributed by atoms with van der Waals surface area (Å²) in [5.74, 6) is 1.30. The van der Waals surface area contributed by atoms with Crippen molar-refractivity contribution in [1.29, 1.82) is 0 Å². The molecule has 3 aromatic rings. The van der Waals surface area contributed by atoms with Gasteiger partial charge in [-0.1, -0.05) is 30.3 Å². The first-order valence-corrected chi connectivity index (χ1v) is 10.1. The van der Waals surface area contributed by atoms with Crippen molar-refractivity contribution in [2.75, 3.05) is 7.11 Å².